The monoisotopic (exact) mass is 393 g/mol. The van der Waals surface area contributed by atoms with Crippen LogP contribution in [-0.2, 0) is 19.1 Å². The summed E-state index contributed by atoms with van der Waals surface area (Å²) in [6, 6.07) is -0.584. The van der Waals surface area contributed by atoms with Crippen molar-refractivity contribution in [2.24, 2.45) is 5.73 Å². The van der Waals surface area contributed by atoms with Crippen LogP contribution in [0.4, 0.5) is 0 Å². The third-order valence-corrected chi connectivity index (χ3v) is 6.97. The minimum absolute atomic E-state index is 0.0271. The highest BCUT2D eigenvalue weighted by atomic mass is 33.1. The van der Waals surface area contributed by atoms with E-state index in [1.165, 1.54) is 12.0 Å². The average molecular weight is 394 g/mol. The van der Waals surface area contributed by atoms with Gasteiger partial charge in [-0.05, 0) is 27.2 Å². The quantitative estimate of drug-likeness (QED) is 0.294. The maximum atomic E-state index is 12.2. The van der Waals surface area contributed by atoms with E-state index in [4.69, 9.17) is 5.73 Å². The minimum atomic E-state index is -0.584. The topological polar surface area (TPSA) is 102 Å². The van der Waals surface area contributed by atoms with Crippen LogP contribution < -0.4 is 11.1 Å². The van der Waals surface area contributed by atoms with Crippen molar-refractivity contribution in [3.05, 3.63) is 0 Å². The van der Waals surface area contributed by atoms with Crippen molar-refractivity contribution in [1.82, 2.24) is 10.2 Å². The predicted molar refractivity (Wildman–Crippen MR) is 104 cm³/mol. The van der Waals surface area contributed by atoms with Gasteiger partial charge in [-0.15, -0.1) is 0 Å². The summed E-state index contributed by atoms with van der Waals surface area (Å²) in [4.78, 5) is 36.4. The number of carbonyl (C=O) groups excluding carboxylic acids is 3. The molecule has 2 amide bonds. The van der Waals surface area contributed by atoms with Crippen molar-refractivity contribution in [2.75, 3.05) is 33.0 Å². The van der Waals surface area contributed by atoms with Gasteiger partial charge in [0.1, 0.15) is 6.04 Å². The first kappa shape index (κ1) is 24.1. The molecular formula is C16H31N3O4S2. The van der Waals surface area contributed by atoms with Gasteiger partial charge in [-0.25, -0.2) is 4.79 Å². The zero-order chi connectivity index (χ0) is 19.5. The number of amides is 2. The standard InChI is InChI=1S/C16H31N3O4S2/c1-12(15(22)23-5)19(4)14(21)6-8-16(2,3)25-24-11-10-18-13(20)7-9-17/h12H,6-11,17H2,1-5H3,(H,18,20)/t12-/m0/s1. The molecule has 0 bridgehead atoms. The fourth-order valence-corrected chi connectivity index (χ4v) is 4.30. The minimum Gasteiger partial charge on any atom is -0.467 e. The fourth-order valence-electron chi connectivity index (χ4n) is 1.82. The van der Waals surface area contributed by atoms with Crippen molar-refractivity contribution in [2.45, 2.75) is 50.8 Å². The molecule has 0 unspecified atom stereocenters. The van der Waals surface area contributed by atoms with E-state index in [2.05, 4.69) is 23.9 Å². The van der Waals surface area contributed by atoms with Gasteiger partial charge in [-0.2, -0.15) is 0 Å². The number of nitrogens with zero attached hydrogens (tertiary/aromatic N) is 1. The van der Waals surface area contributed by atoms with Crippen LogP contribution in [0.15, 0.2) is 0 Å². The van der Waals surface area contributed by atoms with E-state index >= 15 is 0 Å². The summed E-state index contributed by atoms with van der Waals surface area (Å²) in [5.74, 6) is 0.264. The molecule has 3 N–H and O–H groups in total. The van der Waals surface area contributed by atoms with Crippen molar-refractivity contribution < 1.29 is 19.1 Å². The third kappa shape index (κ3) is 10.6. The van der Waals surface area contributed by atoms with Gasteiger partial charge >= 0.3 is 5.97 Å². The predicted octanol–water partition coefficient (Wildman–Crippen LogP) is 1.41. The van der Waals surface area contributed by atoms with E-state index in [-0.39, 0.29) is 16.6 Å². The number of nitrogens with one attached hydrogen (secondary N) is 1. The summed E-state index contributed by atoms with van der Waals surface area (Å²) in [5, 5.41) is 2.81. The first-order chi connectivity index (χ1) is 11.6. The Morgan fingerprint density at radius 3 is 2.48 bits per heavy atom. The molecule has 0 fully saturated rings. The van der Waals surface area contributed by atoms with Crippen LogP contribution in [0.2, 0.25) is 0 Å². The molecule has 0 aromatic carbocycles. The fraction of sp³-hybridized carbons (Fsp3) is 0.812. The van der Waals surface area contributed by atoms with Gasteiger partial charge in [0, 0.05) is 43.5 Å². The Bertz CT molecular complexity index is 447. The highest BCUT2D eigenvalue weighted by Gasteiger charge is 2.26. The molecule has 9 heteroatoms. The van der Waals surface area contributed by atoms with Crippen molar-refractivity contribution in [3.8, 4) is 0 Å². The average Bonchev–Trinajstić information content (AvgIpc) is 2.57. The smallest absolute Gasteiger partial charge is 0.328 e. The van der Waals surface area contributed by atoms with E-state index in [9.17, 15) is 14.4 Å². The van der Waals surface area contributed by atoms with E-state index in [0.717, 1.165) is 5.75 Å². The molecule has 25 heavy (non-hydrogen) atoms. The lowest BCUT2D eigenvalue weighted by molar-refractivity contribution is -0.151. The Kier molecular flexibility index (Phi) is 12.0. The number of carbonyl (C=O) groups is 3. The molecule has 0 rings (SSSR count). The van der Waals surface area contributed by atoms with Crippen molar-refractivity contribution >= 4 is 39.4 Å². The largest absolute Gasteiger partial charge is 0.467 e. The third-order valence-electron chi connectivity index (χ3n) is 3.62. The molecule has 0 aliphatic rings. The summed E-state index contributed by atoms with van der Waals surface area (Å²) < 4.78 is 4.57. The molecule has 7 nitrogen and oxygen atoms in total. The van der Waals surface area contributed by atoms with Crippen LogP contribution in [0.5, 0.6) is 0 Å². The number of methoxy groups -OCH3 is 1. The molecule has 0 aliphatic carbocycles. The number of rotatable bonds is 12. The van der Waals surface area contributed by atoms with Gasteiger partial charge in [0.2, 0.25) is 11.8 Å². The highest BCUT2D eigenvalue weighted by molar-refractivity contribution is 8.77. The molecule has 0 heterocycles. The number of nitrogens with two attached hydrogens (primary N) is 1. The molecular weight excluding hydrogens is 362 g/mol. The van der Waals surface area contributed by atoms with Crippen LogP contribution in [0.25, 0.3) is 0 Å². The van der Waals surface area contributed by atoms with Gasteiger partial charge in [0.15, 0.2) is 0 Å². The summed E-state index contributed by atoms with van der Waals surface area (Å²) >= 11 is 0. The zero-order valence-corrected chi connectivity index (χ0v) is 17.4. The number of ether oxygens (including phenoxy) is 1. The lowest BCUT2D eigenvalue weighted by atomic mass is 10.1. The van der Waals surface area contributed by atoms with E-state index in [0.29, 0.717) is 32.4 Å². The molecule has 0 radical (unpaired) electrons. The van der Waals surface area contributed by atoms with Crippen molar-refractivity contribution in [1.29, 1.82) is 0 Å². The van der Waals surface area contributed by atoms with Gasteiger partial charge in [0.25, 0.3) is 0 Å². The van der Waals surface area contributed by atoms with Crippen LogP contribution in [0.1, 0.15) is 40.0 Å². The Labute approximate surface area is 158 Å². The normalized spacial score (nSPS) is 12.4. The van der Waals surface area contributed by atoms with Gasteiger partial charge in [-0.1, -0.05) is 21.6 Å². The second-order valence-corrected chi connectivity index (χ2v) is 9.38. The summed E-state index contributed by atoms with van der Waals surface area (Å²) in [6.07, 6.45) is 1.41. The lowest BCUT2D eigenvalue weighted by Crippen LogP contribution is -2.41. The molecule has 0 saturated heterocycles. The Morgan fingerprint density at radius 2 is 1.92 bits per heavy atom. The number of likely N-dealkylation sites (N-methyl/N-ethyl adjacent to an activating group) is 1. The van der Waals surface area contributed by atoms with Crippen LogP contribution in [0.3, 0.4) is 0 Å². The van der Waals surface area contributed by atoms with E-state index in [1.54, 1.807) is 35.6 Å². The first-order valence-corrected chi connectivity index (χ1v) is 10.6. The van der Waals surface area contributed by atoms with Gasteiger partial charge in [0.05, 0.1) is 7.11 Å². The second kappa shape index (κ2) is 12.4. The molecule has 0 aromatic heterocycles. The highest BCUT2D eigenvalue weighted by Crippen LogP contribution is 2.38. The molecule has 0 aliphatic heterocycles. The SMILES string of the molecule is COC(=O)[C@H](C)N(C)C(=O)CCC(C)(C)SSCCNC(=O)CCN. The molecule has 0 aromatic rings. The summed E-state index contributed by atoms with van der Waals surface area (Å²) in [6.45, 7) is 6.77. The molecule has 1 atom stereocenters. The maximum absolute atomic E-state index is 12.2. The maximum Gasteiger partial charge on any atom is 0.328 e. The van der Waals surface area contributed by atoms with Crippen molar-refractivity contribution in [3.63, 3.8) is 0 Å². The van der Waals surface area contributed by atoms with E-state index in [1.807, 2.05) is 0 Å². The van der Waals surface area contributed by atoms with Gasteiger partial charge in [-0.3, -0.25) is 9.59 Å². The summed E-state index contributed by atoms with van der Waals surface area (Å²) in [7, 11) is 6.29. The Balaban J connectivity index is 4.08. The Hall–Kier alpha value is -0.930. The first-order valence-electron chi connectivity index (χ1n) is 8.25. The summed E-state index contributed by atoms with van der Waals surface area (Å²) in [5.41, 5.74) is 5.31. The molecule has 146 valence electrons. The zero-order valence-electron chi connectivity index (χ0n) is 15.8. The molecule has 0 spiro atoms. The van der Waals surface area contributed by atoms with Crippen LogP contribution in [-0.4, -0.2) is 66.5 Å². The second-order valence-electron chi connectivity index (χ2n) is 6.26. The van der Waals surface area contributed by atoms with E-state index < -0.39 is 12.0 Å². The number of hydrogen-bond acceptors (Lipinski definition) is 7. The lowest BCUT2D eigenvalue weighted by Gasteiger charge is -2.26. The number of esters is 1. The Morgan fingerprint density at radius 1 is 1.28 bits per heavy atom. The number of hydrogen-bond donors (Lipinski definition) is 2. The molecule has 0 saturated carbocycles. The van der Waals surface area contributed by atoms with Gasteiger partial charge < -0.3 is 20.7 Å². The van der Waals surface area contributed by atoms with Crippen LogP contribution in [0, 0.1) is 0 Å². The van der Waals surface area contributed by atoms with Crippen LogP contribution >= 0.6 is 21.6 Å².